The van der Waals surface area contributed by atoms with E-state index in [9.17, 15) is 0 Å². The zero-order chi connectivity index (χ0) is 12.5. The van der Waals surface area contributed by atoms with Crippen molar-refractivity contribution in [2.24, 2.45) is 17.6 Å². The highest BCUT2D eigenvalue weighted by Crippen LogP contribution is 2.40. The zero-order valence-electron chi connectivity index (χ0n) is 10.9. The molecule has 0 radical (unpaired) electrons. The van der Waals surface area contributed by atoms with Crippen molar-refractivity contribution >= 4 is 32.1 Å². The Balaban J connectivity index is 1.71. The second-order valence-corrected chi connectivity index (χ2v) is 7.58. The van der Waals surface area contributed by atoms with Crippen LogP contribution in [-0.4, -0.2) is 0 Å². The minimum atomic E-state index is 0.271. The van der Waals surface area contributed by atoms with Crippen molar-refractivity contribution in [1.82, 2.24) is 0 Å². The second kappa shape index (κ2) is 5.32. The van der Waals surface area contributed by atoms with E-state index in [4.69, 9.17) is 5.73 Å². The standard InChI is InChI=1S/C15H21NS2/c1-2-10-3-5-11(6-4-10)15(16)14-9-13-12(18-14)7-8-17-13/h7-11,15H,2-6,16H2,1H3. The molecular weight excluding hydrogens is 258 g/mol. The molecule has 0 aliphatic heterocycles. The van der Waals surface area contributed by atoms with E-state index in [0.717, 1.165) is 5.92 Å². The van der Waals surface area contributed by atoms with Gasteiger partial charge in [0.05, 0.1) is 0 Å². The van der Waals surface area contributed by atoms with Crippen molar-refractivity contribution in [3.8, 4) is 0 Å². The SMILES string of the molecule is CCC1CCC(C(N)c2cc3sccc3s2)CC1. The molecule has 2 aromatic rings. The minimum Gasteiger partial charge on any atom is -0.323 e. The van der Waals surface area contributed by atoms with Gasteiger partial charge in [0, 0.05) is 20.3 Å². The molecule has 0 aromatic carbocycles. The molecule has 0 amide bonds. The first kappa shape index (κ1) is 12.6. The van der Waals surface area contributed by atoms with E-state index in [1.165, 1.54) is 46.4 Å². The van der Waals surface area contributed by atoms with Gasteiger partial charge in [-0.15, -0.1) is 22.7 Å². The van der Waals surface area contributed by atoms with Crippen LogP contribution in [0.25, 0.3) is 9.40 Å². The average molecular weight is 279 g/mol. The lowest BCUT2D eigenvalue weighted by Gasteiger charge is -2.31. The summed E-state index contributed by atoms with van der Waals surface area (Å²) in [5.41, 5.74) is 6.49. The fraction of sp³-hybridized carbons (Fsp3) is 0.600. The van der Waals surface area contributed by atoms with E-state index in [0.29, 0.717) is 5.92 Å². The van der Waals surface area contributed by atoms with E-state index in [2.05, 4.69) is 24.4 Å². The fourth-order valence-corrected chi connectivity index (χ4v) is 5.35. The van der Waals surface area contributed by atoms with E-state index >= 15 is 0 Å². The second-order valence-electron chi connectivity index (χ2n) is 5.51. The molecule has 1 nitrogen and oxygen atoms in total. The Bertz CT molecular complexity index is 477. The molecule has 1 unspecified atom stereocenters. The highest BCUT2D eigenvalue weighted by atomic mass is 32.1. The van der Waals surface area contributed by atoms with Crippen molar-refractivity contribution in [3.05, 3.63) is 22.4 Å². The third-order valence-corrected chi connectivity index (χ3v) is 6.66. The molecule has 18 heavy (non-hydrogen) atoms. The lowest BCUT2D eigenvalue weighted by Crippen LogP contribution is -2.25. The number of hydrogen-bond acceptors (Lipinski definition) is 3. The molecule has 2 N–H and O–H groups in total. The lowest BCUT2D eigenvalue weighted by molar-refractivity contribution is 0.241. The van der Waals surface area contributed by atoms with Gasteiger partial charge in [0.1, 0.15) is 0 Å². The molecule has 2 aromatic heterocycles. The molecule has 1 saturated carbocycles. The van der Waals surface area contributed by atoms with Crippen LogP contribution in [0.1, 0.15) is 49.9 Å². The summed E-state index contributed by atoms with van der Waals surface area (Å²) in [5, 5.41) is 2.17. The summed E-state index contributed by atoms with van der Waals surface area (Å²) in [4.78, 5) is 1.40. The van der Waals surface area contributed by atoms with Gasteiger partial charge in [-0.3, -0.25) is 0 Å². The quantitative estimate of drug-likeness (QED) is 0.823. The Labute approximate surface area is 117 Å². The first-order chi connectivity index (χ1) is 8.78. The van der Waals surface area contributed by atoms with Crippen LogP contribution in [0.5, 0.6) is 0 Å². The Kier molecular flexibility index (Phi) is 3.73. The van der Waals surface area contributed by atoms with E-state index in [-0.39, 0.29) is 6.04 Å². The topological polar surface area (TPSA) is 26.0 Å². The van der Waals surface area contributed by atoms with E-state index in [1.54, 1.807) is 0 Å². The molecular formula is C15H21NS2. The summed E-state index contributed by atoms with van der Waals surface area (Å²) in [7, 11) is 0. The van der Waals surface area contributed by atoms with Gasteiger partial charge in [-0.1, -0.05) is 26.2 Å². The molecule has 1 aliphatic rings. The van der Waals surface area contributed by atoms with Crippen molar-refractivity contribution in [1.29, 1.82) is 0 Å². The van der Waals surface area contributed by atoms with Gasteiger partial charge in [0.15, 0.2) is 0 Å². The van der Waals surface area contributed by atoms with Gasteiger partial charge >= 0.3 is 0 Å². The van der Waals surface area contributed by atoms with Gasteiger partial charge in [0.25, 0.3) is 0 Å². The van der Waals surface area contributed by atoms with Crippen LogP contribution >= 0.6 is 22.7 Å². The number of hydrogen-bond donors (Lipinski definition) is 1. The van der Waals surface area contributed by atoms with E-state index < -0.39 is 0 Å². The van der Waals surface area contributed by atoms with Crippen molar-refractivity contribution in [2.75, 3.05) is 0 Å². The van der Waals surface area contributed by atoms with Gasteiger partial charge in [-0.2, -0.15) is 0 Å². The maximum Gasteiger partial charge on any atom is 0.0454 e. The molecule has 1 atom stereocenters. The Morgan fingerprint density at radius 1 is 1.28 bits per heavy atom. The molecule has 1 fully saturated rings. The molecule has 0 saturated heterocycles. The molecule has 0 spiro atoms. The average Bonchev–Trinajstić information content (AvgIpc) is 2.99. The monoisotopic (exact) mass is 279 g/mol. The highest BCUT2D eigenvalue weighted by molar-refractivity contribution is 7.26. The normalized spacial score (nSPS) is 26.6. The van der Waals surface area contributed by atoms with Crippen LogP contribution in [-0.2, 0) is 0 Å². The van der Waals surface area contributed by atoms with Crippen LogP contribution < -0.4 is 5.73 Å². The largest absolute Gasteiger partial charge is 0.323 e. The Hall–Kier alpha value is -0.380. The molecule has 98 valence electrons. The third-order valence-electron chi connectivity index (χ3n) is 4.46. The first-order valence-corrected chi connectivity index (χ1v) is 8.70. The summed E-state index contributed by atoms with van der Waals surface area (Å²) in [6.45, 7) is 2.32. The van der Waals surface area contributed by atoms with Crippen LogP contribution in [0, 0.1) is 11.8 Å². The van der Waals surface area contributed by atoms with Gasteiger partial charge < -0.3 is 5.73 Å². The Morgan fingerprint density at radius 2 is 2.06 bits per heavy atom. The number of fused-ring (bicyclic) bond motifs is 1. The molecule has 2 heterocycles. The molecule has 0 bridgehead atoms. The fourth-order valence-electron chi connectivity index (χ4n) is 3.14. The zero-order valence-corrected chi connectivity index (χ0v) is 12.5. The van der Waals surface area contributed by atoms with Crippen LogP contribution in [0.2, 0.25) is 0 Å². The first-order valence-electron chi connectivity index (χ1n) is 7.00. The number of rotatable bonds is 3. The van der Waals surface area contributed by atoms with Gasteiger partial charge in [-0.05, 0) is 42.2 Å². The summed E-state index contributed by atoms with van der Waals surface area (Å²) in [5.74, 6) is 1.67. The van der Waals surface area contributed by atoms with Gasteiger partial charge in [0.2, 0.25) is 0 Å². The third kappa shape index (κ3) is 2.36. The minimum absolute atomic E-state index is 0.271. The predicted molar refractivity (Wildman–Crippen MR) is 82.4 cm³/mol. The number of thiophene rings is 2. The van der Waals surface area contributed by atoms with Crippen LogP contribution in [0.4, 0.5) is 0 Å². The maximum atomic E-state index is 6.49. The predicted octanol–water partition coefficient (Wildman–Crippen LogP) is 5.18. The van der Waals surface area contributed by atoms with Crippen LogP contribution in [0.15, 0.2) is 17.5 Å². The van der Waals surface area contributed by atoms with Crippen molar-refractivity contribution in [2.45, 2.75) is 45.1 Å². The summed E-state index contributed by atoms with van der Waals surface area (Å²) in [6, 6.07) is 4.81. The lowest BCUT2D eigenvalue weighted by atomic mass is 9.77. The highest BCUT2D eigenvalue weighted by Gasteiger charge is 2.26. The van der Waals surface area contributed by atoms with Gasteiger partial charge in [-0.25, -0.2) is 0 Å². The smallest absolute Gasteiger partial charge is 0.0454 e. The van der Waals surface area contributed by atoms with E-state index in [1.807, 2.05) is 22.7 Å². The molecule has 3 rings (SSSR count). The van der Waals surface area contributed by atoms with Crippen LogP contribution in [0.3, 0.4) is 0 Å². The molecule has 3 heteroatoms. The summed E-state index contributed by atoms with van der Waals surface area (Å²) >= 11 is 3.73. The summed E-state index contributed by atoms with van der Waals surface area (Å²) in [6.07, 6.45) is 6.76. The molecule has 1 aliphatic carbocycles. The van der Waals surface area contributed by atoms with Crippen molar-refractivity contribution < 1.29 is 0 Å². The maximum absolute atomic E-state index is 6.49. The number of nitrogens with two attached hydrogens (primary N) is 1. The Morgan fingerprint density at radius 3 is 2.72 bits per heavy atom. The van der Waals surface area contributed by atoms with Crippen molar-refractivity contribution in [3.63, 3.8) is 0 Å². The summed E-state index contributed by atoms with van der Waals surface area (Å²) < 4.78 is 2.82.